The van der Waals surface area contributed by atoms with E-state index < -0.39 is 0 Å². The van der Waals surface area contributed by atoms with E-state index in [0.717, 1.165) is 33.5 Å². The first kappa shape index (κ1) is 19.5. The first-order valence-electron chi connectivity index (χ1n) is 10.0. The van der Waals surface area contributed by atoms with Crippen LogP contribution in [0.5, 0.6) is 5.75 Å². The van der Waals surface area contributed by atoms with Crippen LogP contribution in [-0.2, 0) is 0 Å². The van der Waals surface area contributed by atoms with Gasteiger partial charge in [0.1, 0.15) is 11.4 Å². The molecule has 0 fully saturated rings. The maximum absolute atomic E-state index is 5.90. The number of ether oxygens (including phenoxy) is 1. The SMILES string of the molecule is C\C=C/C=C\C=C\Oc1ccccc1-c1cnc2[nH]cc(-c3cccc(C)c3)c2c1. The fourth-order valence-corrected chi connectivity index (χ4v) is 3.41. The van der Waals surface area contributed by atoms with Crippen LogP contribution in [0.15, 0.2) is 104 Å². The Labute approximate surface area is 177 Å². The third-order valence-electron chi connectivity index (χ3n) is 4.86. The van der Waals surface area contributed by atoms with E-state index >= 15 is 0 Å². The number of aromatic nitrogens is 2. The molecule has 0 spiro atoms. The normalized spacial score (nSPS) is 11.9. The number of aryl methyl sites for hydroxylation is 1. The van der Waals surface area contributed by atoms with E-state index in [-0.39, 0.29) is 0 Å². The molecule has 3 nitrogen and oxygen atoms in total. The molecule has 3 heteroatoms. The van der Waals surface area contributed by atoms with Gasteiger partial charge in [0.05, 0.1) is 6.26 Å². The molecule has 148 valence electrons. The summed E-state index contributed by atoms with van der Waals surface area (Å²) >= 11 is 0. The summed E-state index contributed by atoms with van der Waals surface area (Å²) in [5, 5.41) is 1.10. The summed E-state index contributed by atoms with van der Waals surface area (Å²) < 4.78 is 5.90. The predicted octanol–water partition coefficient (Wildman–Crippen LogP) is 7.23. The van der Waals surface area contributed by atoms with Crippen LogP contribution in [-0.4, -0.2) is 9.97 Å². The molecule has 4 aromatic rings. The average molecular weight is 393 g/mol. The molecule has 0 amide bonds. The van der Waals surface area contributed by atoms with Gasteiger partial charge >= 0.3 is 0 Å². The predicted molar refractivity (Wildman–Crippen MR) is 125 cm³/mol. The maximum Gasteiger partial charge on any atom is 0.137 e. The monoisotopic (exact) mass is 392 g/mol. The standard InChI is InChI=1S/C27H24N2O/c1-3-4-5-6-9-15-30-26-14-8-7-13-23(26)22-17-24-25(19-29-27(24)28-18-22)21-12-10-11-20(2)16-21/h3-19H,1-2H3,(H,28,29)/b4-3-,6-5-,15-9+. The van der Waals surface area contributed by atoms with E-state index in [1.54, 1.807) is 6.26 Å². The fraction of sp³-hybridized carbons (Fsp3) is 0.0741. The number of hydrogen-bond acceptors (Lipinski definition) is 2. The highest BCUT2D eigenvalue weighted by Crippen LogP contribution is 2.34. The Morgan fingerprint density at radius 2 is 1.73 bits per heavy atom. The lowest BCUT2D eigenvalue weighted by atomic mass is 10.0. The van der Waals surface area contributed by atoms with E-state index in [9.17, 15) is 0 Å². The highest BCUT2D eigenvalue weighted by atomic mass is 16.5. The molecule has 0 saturated heterocycles. The molecule has 1 N–H and O–H groups in total. The number of benzene rings is 2. The zero-order chi connectivity index (χ0) is 20.8. The number of nitrogens with zero attached hydrogens (tertiary/aromatic N) is 1. The molecule has 0 bridgehead atoms. The largest absolute Gasteiger partial charge is 0.464 e. The number of aromatic amines is 1. The number of hydrogen-bond donors (Lipinski definition) is 1. The van der Waals surface area contributed by atoms with Crippen LogP contribution in [0.2, 0.25) is 0 Å². The lowest BCUT2D eigenvalue weighted by molar-refractivity contribution is 0.483. The van der Waals surface area contributed by atoms with Gasteiger partial charge in [0.15, 0.2) is 0 Å². The molecule has 0 atom stereocenters. The van der Waals surface area contributed by atoms with Crippen LogP contribution < -0.4 is 4.74 Å². The molecule has 2 aromatic carbocycles. The number of fused-ring (bicyclic) bond motifs is 1. The molecule has 30 heavy (non-hydrogen) atoms. The molecule has 2 aromatic heterocycles. The minimum absolute atomic E-state index is 0.793. The number of nitrogens with one attached hydrogen (secondary N) is 1. The van der Waals surface area contributed by atoms with E-state index in [4.69, 9.17) is 4.74 Å². The first-order valence-corrected chi connectivity index (χ1v) is 10.0. The molecule has 0 radical (unpaired) electrons. The Hall–Kier alpha value is -3.85. The number of pyridine rings is 1. The van der Waals surface area contributed by atoms with Gasteiger partial charge in [-0.05, 0) is 37.6 Å². The van der Waals surface area contributed by atoms with Crippen molar-refractivity contribution < 1.29 is 4.74 Å². The molecule has 2 heterocycles. The summed E-state index contributed by atoms with van der Waals surface area (Å²) in [5.41, 5.74) is 6.47. The number of allylic oxidation sites excluding steroid dienone is 5. The smallest absolute Gasteiger partial charge is 0.137 e. The van der Waals surface area contributed by atoms with Crippen molar-refractivity contribution in [2.24, 2.45) is 0 Å². The van der Waals surface area contributed by atoms with Gasteiger partial charge in [-0.15, -0.1) is 0 Å². The van der Waals surface area contributed by atoms with E-state index in [2.05, 4.69) is 53.3 Å². The van der Waals surface area contributed by atoms with Gasteiger partial charge in [0.25, 0.3) is 0 Å². The van der Waals surface area contributed by atoms with Gasteiger partial charge in [-0.2, -0.15) is 0 Å². The maximum atomic E-state index is 5.90. The highest BCUT2D eigenvalue weighted by molar-refractivity contribution is 5.96. The summed E-state index contributed by atoms with van der Waals surface area (Å²) in [6.45, 7) is 4.09. The molecular weight excluding hydrogens is 368 g/mol. The number of rotatable bonds is 6. The van der Waals surface area contributed by atoms with E-state index in [1.165, 1.54) is 11.1 Å². The Bertz CT molecular complexity index is 1240. The van der Waals surface area contributed by atoms with E-state index in [1.807, 2.05) is 67.9 Å². The molecule has 0 aliphatic carbocycles. The number of para-hydroxylation sites is 1. The van der Waals surface area contributed by atoms with Crippen LogP contribution in [0.4, 0.5) is 0 Å². The summed E-state index contributed by atoms with van der Waals surface area (Å²) in [5.74, 6) is 0.793. The van der Waals surface area contributed by atoms with Gasteiger partial charge in [-0.25, -0.2) is 4.98 Å². The van der Waals surface area contributed by atoms with Gasteiger partial charge < -0.3 is 9.72 Å². The number of H-pyrrole nitrogens is 1. The Kier molecular flexibility index (Phi) is 5.90. The van der Waals surface area contributed by atoms with Crippen LogP contribution >= 0.6 is 0 Å². The van der Waals surface area contributed by atoms with Gasteiger partial charge in [-0.3, -0.25) is 0 Å². The zero-order valence-electron chi connectivity index (χ0n) is 17.2. The van der Waals surface area contributed by atoms with Crippen molar-refractivity contribution in [1.82, 2.24) is 9.97 Å². The van der Waals surface area contributed by atoms with Crippen LogP contribution in [0.3, 0.4) is 0 Å². The van der Waals surface area contributed by atoms with Crippen molar-refractivity contribution in [3.8, 4) is 28.0 Å². The summed E-state index contributed by atoms with van der Waals surface area (Å²) in [7, 11) is 0. The van der Waals surface area contributed by atoms with Crippen LogP contribution in [0.1, 0.15) is 12.5 Å². The lowest BCUT2D eigenvalue weighted by Gasteiger charge is -2.09. The third-order valence-corrected chi connectivity index (χ3v) is 4.86. The fourth-order valence-electron chi connectivity index (χ4n) is 3.41. The molecule has 0 saturated carbocycles. The second kappa shape index (κ2) is 9.10. The first-order chi connectivity index (χ1) is 14.8. The van der Waals surface area contributed by atoms with Crippen molar-refractivity contribution in [2.45, 2.75) is 13.8 Å². The third kappa shape index (κ3) is 4.26. The molecule has 0 aliphatic heterocycles. The van der Waals surface area contributed by atoms with Gasteiger partial charge in [0, 0.05) is 34.5 Å². The van der Waals surface area contributed by atoms with Crippen molar-refractivity contribution >= 4 is 11.0 Å². The van der Waals surface area contributed by atoms with Crippen LogP contribution in [0, 0.1) is 6.92 Å². The second-order valence-electron chi connectivity index (χ2n) is 7.05. The van der Waals surface area contributed by atoms with Gasteiger partial charge in [0.2, 0.25) is 0 Å². The minimum Gasteiger partial charge on any atom is -0.464 e. The highest BCUT2D eigenvalue weighted by Gasteiger charge is 2.11. The van der Waals surface area contributed by atoms with E-state index in [0.29, 0.717) is 0 Å². The van der Waals surface area contributed by atoms with Crippen LogP contribution in [0.25, 0.3) is 33.3 Å². The Morgan fingerprint density at radius 3 is 2.60 bits per heavy atom. The van der Waals surface area contributed by atoms with Gasteiger partial charge in [-0.1, -0.05) is 72.3 Å². The van der Waals surface area contributed by atoms with Crippen molar-refractivity contribution in [3.63, 3.8) is 0 Å². The molecular formula is C27H24N2O. The zero-order valence-corrected chi connectivity index (χ0v) is 17.2. The summed E-state index contributed by atoms with van der Waals surface area (Å²) in [6.07, 6.45) is 15.3. The minimum atomic E-state index is 0.793. The van der Waals surface area contributed by atoms with Crippen molar-refractivity contribution in [3.05, 3.63) is 109 Å². The van der Waals surface area contributed by atoms with Crippen molar-refractivity contribution in [2.75, 3.05) is 0 Å². The summed E-state index contributed by atoms with van der Waals surface area (Å²) in [4.78, 5) is 7.94. The Morgan fingerprint density at radius 1 is 0.867 bits per heavy atom. The quantitative estimate of drug-likeness (QED) is 0.278. The summed E-state index contributed by atoms with van der Waals surface area (Å²) in [6, 6.07) is 18.7. The second-order valence-corrected chi connectivity index (χ2v) is 7.05. The molecule has 4 rings (SSSR count). The molecule has 0 aliphatic rings. The topological polar surface area (TPSA) is 37.9 Å². The molecule has 0 unspecified atom stereocenters. The van der Waals surface area contributed by atoms with Crippen molar-refractivity contribution in [1.29, 1.82) is 0 Å². The lowest BCUT2D eigenvalue weighted by Crippen LogP contribution is -1.88. The Balaban J connectivity index is 1.69. The average Bonchev–Trinajstić information content (AvgIpc) is 3.20.